The number of hydrogen-bond acceptors (Lipinski definition) is 4. The minimum Gasteiger partial charge on any atom is -0.504 e. The highest BCUT2D eigenvalue weighted by Gasteiger charge is 2.19. The van der Waals surface area contributed by atoms with Gasteiger partial charge in [0.1, 0.15) is 5.75 Å². The van der Waals surface area contributed by atoms with Gasteiger partial charge in [0.05, 0.1) is 17.3 Å². The number of carbonyl (C=O) groups is 1. The van der Waals surface area contributed by atoms with Crippen LogP contribution in [-0.2, 0) is 5.41 Å². The minimum absolute atomic E-state index is 0.0549. The first-order chi connectivity index (χ1) is 12.6. The first-order valence-electron chi connectivity index (χ1n) is 8.50. The Labute approximate surface area is 169 Å². The van der Waals surface area contributed by atoms with E-state index in [0.29, 0.717) is 23.6 Å². The molecule has 0 aromatic heterocycles. The molecule has 27 heavy (non-hydrogen) atoms. The third-order valence-electron chi connectivity index (χ3n) is 3.81. The molecule has 7 heteroatoms. The summed E-state index contributed by atoms with van der Waals surface area (Å²) in [4.78, 5) is 12.4. The molecule has 2 rings (SSSR count). The number of ether oxygens (including phenoxy) is 1. The van der Waals surface area contributed by atoms with E-state index >= 15 is 0 Å². The Morgan fingerprint density at radius 1 is 1.26 bits per heavy atom. The number of thiocarbonyl (C=S) groups is 1. The fourth-order valence-corrected chi connectivity index (χ4v) is 2.77. The van der Waals surface area contributed by atoms with Crippen LogP contribution in [0.4, 0.5) is 5.69 Å². The first-order valence-corrected chi connectivity index (χ1v) is 9.28. The molecule has 3 N–H and O–H groups in total. The van der Waals surface area contributed by atoms with Crippen LogP contribution in [-0.4, -0.2) is 22.7 Å². The number of phenolic OH excluding ortho intramolecular Hbond substituents is 1. The summed E-state index contributed by atoms with van der Waals surface area (Å²) in [5, 5.41) is 15.9. The summed E-state index contributed by atoms with van der Waals surface area (Å²) < 4.78 is 5.40. The summed E-state index contributed by atoms with van der Waals surface area (Å²) in [5.41, 5.74) is 1.50. The van der Waals surface area contributed by atoms with Crippen LogP contribution in [0.1, 0.15) is 43.6 Å². The summed E-state index contributed by atoms with van der Waals surface area (Å²) >= 11 is 11.3. The van der Waals surface area contributed by atoms with Crippen LogP contribution in [0, 0.1) is 0 Å². The molecule has 1 amide bonds. The van der Waals surface area contributed by atoms with E-state index in [1.54, 1.807) is 36.4 Å². The van der Waals surface area contributed by atoms with Crippen molar-refractivity contribution in [3.05, 3.63) is 52.5 Å². The van der Waals surface area contributed by atoms with Gasteiger partial charge in [0, 0.05) is 5.56 Å². The zero-order chi connectivity index (χ0) is 20.2. The maximum Gasteiger partial charge on any atom is 0.257 e. The van der Waals surface area contributed by atoms with Crippen molar-refractivity contribution in [2.24, 2.45) is 0 Å². The quantitative estimate of drug-likeness (QED) is 0.499. The van der Waals surface area contributed by atoms with E-state index in [0.717, 1.165) is 5.56 Å². The van der Waals surface area contributed by atoms with Crippen molar-refractivity contribution >= 4 is 40.5 Å². The standard InChI is InChI=1S/C20H23ClN2O3S/c1-5-26-14-8-6-7-12(9-14)18(25)23-19(27)22-16-11-13(20(2,3)4)10-15(21)17(16)24/h6-11,24H,5H2,1-4H3,(H2,22,23,25,27). The van der Waals surface area contributed by atoms with Gasteiger partial charge in [-0.3, -0.25) is 10.1 Å². The van der Waals surface area contributed by atoms with Crippen molar-refractivity contribution in [3.8, 4) is 11.5 Å². The van der Waals surface area contributed by atoms with Gasteiger partial charge in [-0.15, -0.1) is 0 Å². The smallest absolute Gasteiger partial charge is 0.257 e. The lowest BCUT2D eigenvalue weighted by Gasteiger charge is -2.21. The third-order valence-corrected chi connectivity index (χ3v) is 4.30. The number of rotatable bonds is 4. The summed E-state index contributed by atoms with van der Waals surface area (Å²) in [6.45, 7) is 8.48. The van der Waals surface area contributed by atoms with Crippen molar-refractivity contribution in [1.82, 2.24) is 5.32 Å². The SMILES string of the molecule is CCOc1cccc(C(=O)NC(=S)Nc2cc(C(C)(C)C)cc(Cl)c2O)c1. The Morgan fingerprint density at radius 3 is 2.59 bits per heavy atom. The van der Waals surface area contributed by atoms with Crippen LogP contribution in [0.3, 0.4) is 0 Å². The fourth-order valence-electron chi connectivity index (χ4n) is 2.35. The molecule has 0 aliphatic heterocycles. The van der Waals surface area contributed by atoms with Crippen LogP contribution in [0.25, 0.3) is 0 Å². The zero-order valence-electron chi connectivity index (χ0n) is 15.7. The van der Waals surface area contributed by atoms with E-state index < -0.39 is 0 Å². The summed E-state index contributed by atoms with van der Waals surface area (Å²) in [6.07, 6.45) is 0. The van der Waals surface area contributed by atoms with Gasteiger partial charge in [-0.25, -0.2) is 0 Å². The number of carbonyl (C=O) groups excluding carboxylic acids is 1. The maximum atomic E-state index is 12.4. The van der Waals surface area contributed by atoms with Crippen LogP contribution in [0.15, 0.2) is 36.4 Å². The van der Waals surface area contributed by atoms with E-state index in [1.165, 1.54) is 0 Å². The van der Waals surface area contributed by atoms with Gasteiger partial charge in [-0.2, -0.15) is 0 Å². The average Bonchev–Trinajstić information content (AvgIpc) is 2.58. The maximum absolute atomic E-state index is 12.4. The summed E-state index contributed by atoms with van der Waals surface area (Å²) in [7, 11) is 0. The number of nitrogens with one attached hydrogen (secondary N) is 2. The van der Waals surface area contributed by atoms with Crippen molar-refractivity contribution in [2.45, 2.75) is 33.1 Å². The lowest BCUT2D eigenvalue weighted by Crippen LogP contribution is -2.34. The molecular weight excluding hydrogens is 384 g/mol. The molecule has 0 heterocycles. The summed E-state index contributed by atoms with van der Waals surface area (Å²) in [6, 6.07) is 10.3. The Morgan fingerprint density at radius 2 is 1.96 bits per heavy atom. The van der Waals surface area contributed by atoms with E-state index in [4.69, 9.17) is 28.6 Å². The molecule has 0 saturated heterocycles. The number of phenols is 1. The molecule has 0 aliphatic carbocycles. The number of hydrogen-bond donors (Lipinski definition) is 3. The second-order valence-corrected chi connectivity index (χ2v) is 7.79. The number of benzene rings is 2. The number of anilines is 1. The monoisotopic (exact) mass is 406 g/mol. The van der Waals surface area contributed by atoms with Crippen molar-refractivity contribution in [1.29, 1.82) is 0 Å². The lowest BCUT2D eigenvalue weighted by atomic mass is 9.87. The van der Waals surface area contributed by atoms with E-state index in [2.05, 4.69) is 10.6 Å². The third kappa shape index (κ3) is 5.58. The second kappa shape index (κ2) is 8.59. The van der Waals surface area contributed by atoms with Crippen LogP contribution in [0.5, 0.6) is 11.5 Å². The second-order valence-electron chi connectivity index (χ2n) is 6.97. The van der Waals surface area contributed by atoms with Gasteiger partial charge >= 0.3 is 0 Å². The number of amides is 1. The molecule has 0 fully saturated rings. The predicted octanol–water partition coefficient (Wildman–Crippen LogP) is 4.87. The Bertz CT molecular complexity index is 863. The van der Waals surface area contributed by atoms with Gasteiger partial charge in [0.15, 0.2) is 10.9 Å². The van der Waals surface area contributed by atoms with Crippen molar-refractivity contribution in [3.63, 3.8) is 0 Å². The molecule has 2 aromatic rings. The number of aromatic hydroxyl groups is 1. The molecule has 0 spiro atoms. The molecule has 0 atom stereocenters. The Hall–Kier alpha value is -2.31. The zero-order valence-corrected chi connectivity index (χ0v) is 17.3. The highest BCUT2D eigenvalue weighted by Crippen LogP contribution is 2.37. The Kier molecular flexibility index (Phi) is 6.68. The molecule has 0 radical (unpaired) electrons. The van der Waals surface area contributed by atoms with Gasteiger partial charge in [0.25, 0.3) is 5.91 Å². The largest absolute Gasteiger partial charge is 0.504 e. The van der Waals surface area contributed by atoms with Gasteiger partial charge in [-0.1, -0.05) is 38.4 Å². The highest BCUT2D eigenvalue weighted by atomic mass is 35.5. The average molecular weight is 407 g/mol. The highest BCUT2D eigenvalue weighted by molar-refractivity contribution is 7.80. The molecular formula is C20H23ClN2O3S. The molecule has 0 bridgehead atoms. The van der Waals surface area contributed by atoms with Gasteiger partial charge in [-0.05, 0) is 60.5 Å². The predicted molar refractivity (Wildman–Crippen MR) is 113 cm³/mol. The van der Waals surface area contributed by atoms with E-state index in [1.807, 2.05) is 27.7 Å². The van der Waals surface area contributed by atoms with Gasteiger partial charge in [0.2, 0.25) is 0 Å². The topological polar surface area (TPSA) is 70.6 Å². The van der Waals surface area contributed by atoms with Crippen molar-refractivity contribution < 1.29 is 14.6 Å². The van der Waals surface area contributed by atoms with Gasteiger partial charge < -0.3 is 15.2 Å². The fraction of sp³-hybridized carbons (Fsp3) is 0.300. The van der Waals surface area contributed by atoms with Crippen LogP contribution in [0.2, 0.25) is 5.02 Å². The molecule has 0 aliphatic rings. The van der Waals surface area contributed by atoms with Crippen LogP contribution < -0.4 is 15.4 Å². The summed E-state index contributed by atoms with van der Waals surface area (Å²) in [5.74, 6) is 0.0950. The molecule has 2 aromatic carbocycles. The first kappa shape index (κ1) is 21.0. The molecule has 0 unspecified atom stereocenters. The van der Waals surface area contributed by atoms with E-state index in [-0.39, 0.29) is 27.2 Å². The number of halogens is 1. The molecule has 144 valence electrons. The molecule has 5 nitrogen and oxygen atoms in total. The normalized spacial score (nSPS) is 11.0. The lowest BCUT2D eigenvalue weighted by molar-refractivity contribution is 0.0977. The Balaban J connectivity index is 2.15. The van der Waals surface area contributed by atoms with E-state index in [9.17, 15) is 9.90 Å². The van der Waals surface area contributed by atoms with Crippen LogP contribution >= 0.6 is 23.8 Å². The van der Waals surface area contributed by atoms with Crippen molar-refractivity contribution in [2.75, 3.05) is 11.9 Å². The molecule has 0 saturated carbocycles. The minimum atomic E-state index is -0.383.